The SMILES string of the molecule is [2H]C([2H])([2H])n1[c](=[Pt])n(C2CCCc3ccc(Oc4[c-]c5c(cc4)c4cc(-c6ccccc6)ccc4n5-c4cc(C(C)(C)C)ccn4)[c-]c32)c2ccccc21. The number of nitrogens with zero attached hydrogens (tertiary/aromatic N) is 4. The van der Waals surface area contributed by atoms with E-state index in [1.165, 1.54) is 15.7 Å². The van der Waals surface area contributed by atoms with E-state index in [4.69, 9.17) is 13.8 Å². The van der Waals surface area contributed by atoms with Gasteiger partial charge in [0.25, 0.3) is 0 Å². The van der Waals surface area contributed by atoms with Crippen LogP contribution in [0.4, 0.5) is 0 Å². The first-order chi connectivity index (χ1) is 26.0. The van der Waals surface area contributed by atoms with Gasteiger partial charge in [0.15, 0.2) is 0 Å². The Hall–Kier alpha value is -4.99. The molecule has 1 aliphatic carbocycles. The number of hydrogen-bond donors (Lipinski definition) is 0. The van der Waals surface area contributed by atoms with Gasteiger partial charge in [-0.1, -0.05) is 63.2 Å². The van der Waals surface area contributed by atoms with Crippen LogP contribution < -0.4 is 4.74 Å². The molecular formula is C45H38N4OPt-2. The van der Waals surface area contributed by atoms with Crippen molar-refractivity contribution in [1.82, 2.24) is 18.7 Å². The van der Waals surface area contributed by atoms with Crippen molar-refractivity contribution in [2.24, 2.45) is 6.98 Å². The van der Waals surface area contributed by atoms with Crippen LogP contribution in [0.1, 0.15) is 60.5 Å². The zero-order valence-corrected chi connectivity index (χ0v) is 31.0. The fraction of sp³-hybridized carbons (Fsp3) is 0.200. The summed E-state index contributed by atoms with van der Waals surface area (Å²) in [6.45, 7) is 4.34. The van der Waals surface area contributed by atoms with Crippen LogP contribution in [-0.2, 0) is 38.2 Å². The number of imidazole rings is 1. The molecule has 0 fully saturated rings. The third kappa shape index (κ3) is 5.50. The van der Waals surface area contributed by atoms with Crippen molar-refractivity contribution >= 4 is 32.8 Å². The second-order valence-corrected chi connectivity index (χ2v) is 15.4. The van der Waals surface area contributed by atoms with Crippen molar-refractivity contribution in [1.29, 1.82) is 0 Å². The average Bonchev–Trinajstić information content (AvgIpc) is 3.65. The molecule has 1 unspecified atom stereocenters. The molecule has 6 heteroatoms. The first-order valence-corrected chi connectivity index (χ1v) is 18.5. The summed E-state index contributed by atoms with van der Waals surface area (Å²) >= 11 is 2.17. The summed E-state index contributed by atoms with van der Waals surface area (Å²) in [6.07, 6.45) is 4.68. The molecule has 3 aromatic heterocycles. The van der Waals surface area contributed by atoms with E-state index in [0.29, 0.717) is 20.8 Å². The molecule has 0 aliphatic heterocycles. The maximum absolute atomic E-state index is 8.32. The predicted octanol–water partition coefficient (Wildman–Crippen LogP) is 10.8. The van der Waals surface area contributed by atoms with Gasteiger partial charge in [-0.3, -0.25) is 0 Å². The first-order valence-electron chi connectivity index (χ1n) is 18.9. The molecular weight excluding hydrogens is 808 g/mol. The van der Waals surface area contributed by atoms with E-state index in [-0.39, 0.29) is 11.5 Å². The van der Waals surface area contributed by atoms with Crippen molar-refractivity contribution < 1.29 is 28.2 Å². The average molecular weight is 849 g/mol. The van der Waals surface area contributed by atoms with Gasteiger partial charge in [0.2, 0.25) is 0 Å². The molecule has 9 rings (SSSR count). The normalized spacial score (nSPS) is 15.9. The second-order valence-electron chi connectivity index (χ2n) is 14.4. The van der Waals surface area contributed by atoms with E-state index < -0.39 is 6.98 Å². The van der Waals surface area contributed by atoms with Crippen LogP contribution in [0.15, 0.2) is 115 Å². The summed E-state index contributed by atoms with van der Waals surface area (Å²) in [5.41, 5.74) is 9.19. The first kappa shape index (κ1) is 28.7. The topological polar surface area (TPSA) is 36.9 Å². The number of ether oxygens (including phenoxy) is 1. The monoisotopic (exact) mass is 848 g/mol. The molecule has 0 radical (unpaired) electrons. The van der Waals surface area contributed by atoms with Crippen LogP contribution >= 0.6 is 0 Å². The molecule has 5 aromatic carbocycles. The molecule has 3 heterocycles. The van der Waals surface area contributed by atoms with E-state index in [1.54, 1.807) is 0 Å². The summed E-state index contributed by atoms with van der Waals surface area (Å²) in [7, 11) is 0. The van der Waals surface area contributed by atoms with Crippen LogP contribution in [0, 0.1) is 15.9 Å². The zero-order chi connectivity index (χ0) is 37.4. The molecule has 256 valence electrons. The van der Waals surface area contributed by atoms with E-state index in [9.17, 15) is 0 Å². The van der Waals surface area contributed by atoms with Gasteiger partial charge in [-0.25, -0.2) is 4.98 Å². The Kier molecular flexibility index (Phi) is 6.95. The Balaban J connectivity index is 1.16. The fourth-order valence-electron chi connectivity index (χ4n) is 7.58. The minimum atomic E-state index is -2.31. The number of aromatic nitrogens is 4. The number of fused-ring (bicyclic) bond motifs is 5. The number of benzene rings is 5. The van der Waals surface area contributed by atoms with Gasteiger partial charge in [0.1, 0.15) is 0 Å². The molecule has 0 amide bonds. The molecule has 0 saturated carbocycles. The number of para-hydroxylation sites is 2. The number of hydrogen-bond acceptors (Lipinski definition) is 2. The molecule has 1 aliphatic rings. The van der Waals surface area contributed by atoms with Crippen LogP contribution in [0.2, 0.25) is 0 Å². The second kappa shape index (κ2) is 12.4. The Morgan fingerprint density at radius 1 is 0.804 bits per heavy atom. The van der Waals surface area contributed by atoms with Crippen molar-refractivity contribution in [2.75, 3.05) is 0 Å². The Morgan fingerprint density at radius 2 is 1.59 bits per heavy atom. The molecule has 0 spiro atoms. The molecule has 1 atom stereocenters. The number of rotatable bonds is 5. The third-order valence-electron chi connectivity index (χ3n) is 10.2. The van der Waals surface area contributed by atoms with Gasteiger partial charge < -0.3 is 0 Å². The van der Waals surface area contributed by atoms with E-state index >= 15 is 0 Å². The summed E-state index contributed by atoms with van der Waals surface area (Å²) in [5.74, 6) is 2.00. The summed E-state index contributed by atoms with van der Waals surface area (Å²) in [6, 6.07) is 44.4. The van der Waals surface area contributed by atoms with Gasteiger partial charge in [0, 0.05) is 6.20 Å². The molecule has 0 bridgehead atoms. The van der Waals surface area contributed by atoms with Gasteiger partial charge in [-0.2, -0.15) is 0 Å². The maximum atomic E-state index is 8.32. The zero-order valence-electron chi connectivity index (χ0n) is 31.7. The molecule has 51 heavy (non-hydrogen) atoms. The molecule has 0 saturated heterocycles. The fourth-order valence-corrected chi connectivity index (χ4v) is 8.48. The van der Waals surface area contributed by atoms with Crippen LogP contribution in [-0.4, -0.2) is 18.7 Å². The van der Waals surface area contributed by atoms with E-state index in [0.717, 1.165) is 69.1 Å². The Morgan fingerprint density at radius 3 is 2.41 bits per heavy atom. The van der Waals surface area contributed by atoms with E-state index in [1.807, 2.05) is 48.7 Å². The molecule has 0 N–H and O–H groups in total. The van der Waals surface area contributed by atoms with Gasteiger partial charge in [-0.15, -0.1) is 0 Å². The van der Waals surface area contributed by atoms with E-state index in [2.05, 4.69) is 128 Å². The molecule has 5 nitrogen and oxygen atoms in total. The quantitative estimate of drug-likeness (QED) is 0.162. The van der Waals surface area contributed by atoms with Crippen LogP contribution in [0.3, 0.4) is 0 Å². The molecule has 8 aromatic rings. The van der Waals surface area contributed by atoms with Crippen molar-refractivity contribution in [3.05, 3.63) is 148 Å². The number of pyridine rings is 1. The van der Waals surface area contributed by atoms with Crippen molar-refractivity contribution in [3.8, 4) is 28.4 Å². The van der Waals surface area contributed by atoms with Gasteiger partial charge in [0.05, 0.1) is 0 Å². The third-order valence-corrected chi connectivity index (χ3v) is 11.2. The van der Waals surface area contributed by atoms with Crippen molar-refractivity contribution in [3.63, 3.8) is 0 Å². The number of aryl methyl sites for hydroxylation is 2. The summed E-state index contributed by atoms with van der Waals surface area (Å²) in [5, 5.41) is 2.17. The van der Waals surface area contributed by atoms with Gasteiger partial charge in [-0.05, 0) is 40.3 Å². The van der Waals surface area contributed by atoms with Crippen LogP contribution in [0.25, 0.3) is 49.8 Å². The van der Waals surface area contributed by atoms with Crippen molar-refractivity contribution in [2.45, 2.75) is 51.5 Å². The van der Waals surface area contributed by atoms with Crippen LogP contribution in [0.5, 0.6) is 11.5 Å². The minimum absolute atomic E-state index is 0.0485. The standard InChI is InChI=1S/C45H38N4O.Pt/c1-45(2,3)33-23-24-46-44(26-33)49-40-22-18-32(30-11-6-5-7-12-30)25-38(40)36-21-20-35(28-43(36)49)50-34-19-17-31-13-10-16-39(37(31)27-34)48-29-47(4)41-14-8-9-15-42(41)48;/h5-9,11-12,14-15,17-26,39H,10,13,16H2,1-4H3;/q-2;/i4D3;. The summed E-state index contributed by atoms with van der Waals surface area (Å²) in [4.78, 5) is 4.88. The predicted molar refractivity (Wildman–Crippen MR) is 202 cm³/mol. The van der Waals surface area contributed by atoms with Gasteiger partial charge >= 0.3 is 200 Å². The summed E-state index contributed by atoms with van der Waals surface area (Å²) < 4.78 is 38.1. The Bertz CT molecular complexity index is 2790. The Labute approximate surface area is 313 Å².